The number of halogens is 1. The molecule has 5 heteroatoms. The zero-order chi connectivity index (χ0) is 14.5. The van der Waals surface area contributed by atoms with Crippen LogP contribution in [0.4, 0.5) is 5.82 Å². The van der Waals surface area contributed by atoms with Crippen LogP contribution in [0.1, 0.15) is 18.4 Å². The molecule has 0 aliphatic carbocycles. The maximum absolute atomic E-state index is 6.06. The lowest BCUT2D eigenvalue weighted by atomic mass is 10.0. The van der Waals surface area contributed by atoms with E-state index in [-0.39, 0.29) is 0 Å². The van der Waals surface area contributed by atoms with Crippen molar-refractivity contribution in [2.24, 2.45) is 0 Å². The first kappa shape index (κ1) is 14.3. The Bertz CT molecular complexity index is 575. The summed E-state index contributed by atoms with van der Waals surface area (Å²) in [5, 5.41) is 3.86. The van der Waals surface area contributed by atoms with E-state index in [2.05, 4.69) is 50.5 Å². The molecule has 1 aliphatic heterocycles. The highest BCUT2D eigenvalue weighted by Gasteiger charge is 2.20. The van der Waals surface area contributed by atoms with E-state index in [0.717, 1.165) is 26.1 Å². The second-order valence-electron chi connectivity index (χ2n) is 5.40. The number of nitrogens with one attached hydrogen (secondary N) is 1. The Morgan fingerprint density at radius 1 is 1.19 bits per heavy atom. The Kier molecular flexibility index (Phi) is 4.68. The number of nitrogens with zero attached hydrogens (tertiary/aromatic N) is 3. The molecule has 2 aromatic rings. The summed E-state index contributed by atoms with van der Waals surface area (Å²) in [6.45, 7) is 3.14. The van der Waals surface area contributed by atoms with Crippen LogP contribution in [0, 0.1) is 0 Å². The number of anilines is 1. The van der Waals surface area contributed by atoms with Gasteiger partial charge in [0.25, 0.3) is 0 Å². The summed E-state index contributed by atoms with van der Waals surface area (Å²) in [7, 11) is 0. The summed E-state index contributed by atoms with van der Waals surface area (Å²) < 4.78 is 0. The second-order valence-corrected chi connectivity index (χ2v) is 5.76. The van der Waals surface area contributed by atoms with Gasteiger partial charge in [-0.05, 0) is 24.9 Å². The summed E-state index contributed by atoms with van der Waals surface area (Å²) in [4.78, 5) is 10.8. The van der Waals surface area contributed by atoms with E-state index in [1.165, 1.54) is 12.0 Å². The second kappa shape index (κ2) is 6.87. The van der Waals surface area contributed by atoms with Crippen molar-refractivity contribution < 1.29 is 0 Å². The van der Waals surface area contributed by atoms with E-state index in [0.29, 0.717) is 17.0 Å². The summed E-state index contributed by atoms with van der Waals surface area (Å²) in [5.74, 6) is 0.686. The predicted octanol–water partition coefficient (Wildman–Crippen LogP) is 3.21. The molecule has 1 aromatic carbocycles. The summed E-state index contributed by atoms with van der Waals surface area (Å²) >= 11 is 6.06. The molecule has 3 rings (SSSR count). The van der Waals surface area contributed by atoms with Crippen LogP contribution in [0.3, 0.4) is 0 Å². The van der Waals surface area contributed by atoms with Gasteiger partial charge in [0.15, 0.2) is 11.0 Å². The molecule has 1 fully saturated rings. The topological polar surface area (TPSA) is 41.1 Å². The molecule has 0 spiro atoms. The van der Waals surface area contributed by atoms with E-state index in [9.17, 15) is 0 Å². The van der Waals surface area contributed by atoms with Crippen molar-refractivity contribution in [2.75, 3.05) is 18.4 Å². The van der Waals surface area contributed by atoms with E-state index < -0.39 is 0 Å². The first-order chi connectivity index (χ1) is 10.3. The average Bonchev–Trinajstić information content (AvgIpc) is 2.51. The van der Waals surface area contributed by atoms with Crippen molar-refractivity contribution in [3.8, 4) is 0 Å². The Labute approximate surface area is 130 Å². The number of hydrogen-bond donors (Lipinski definition) is 1. The van der Waals surface area contributed by atoms with Gasteiger partial charge in [0.1, 0.15) is 0 Å². The minimum Gasteiger partial charge on any atom is -0.363 e. The van der Waals surface area contributed by atoms with Crippen molar-refractivity contribution in [2.45, 2.75) is 25.4 Å². The Morgan fingerprint density at radius 2 is 2.00 bits per heavy atom. The summed E-state index contributed by atoms with van der Waals surface area (Å²) in [5.41, 5.74) is 1.36. The fraction of sp³-hybridized carbons (Fsp3) is 0.375. The van der Waals surface area contributed by atoms with Gasteiger partial charge in [0, 0.05) is 31.5 Å². The molecule has 0 bridgehead atoms. The van der Waals surface area contributed by atoms with Crippen LogP contribution >= 0.6 is 11.6 Å². The molecule has 1 aromatic heterocycles. The molecular weight excluding hydrogens is 284 g/mol. The van der Waals surface area contributed by atoms with Gasteiger partial charge in [-0.3, -0.25) is 4.90 Å². The average molecular weight is 303 g/mol. The molecule has 1 N–H and O–H groups in total. The lowest BCUT2D eigenvalue weighted by Crippen LogP contribution is -2.41. The molecule has 1 atom stereocenters. The number of piperidine rings is 1. The fourth-order valence-electron chi connectivity index (χ4n) is 2.77. The van der Waals surface area contributed by atoms with Gasteiger partial charge in [-0.25, -0.2) is 9.97 Å². The normalized spacial score (nSPS) is 19.4. The van der Waals surface area contributed by atoms with Crippen molar-refractivity contribution in [1.29, 1.82) is 0 Å². The Balaban J connectivity index is 1.60. The molecule has 110 valence electrons. The smallest absolute Gasteiger partial charge is 0.171 e. The minimum absolute atomic E-state index is 0.372. The fourth-order valence-corrected chi connectivity index (χ4v) is 2.93. The van der Waals surface area contributed by atoms with Gasteiger partial charge in [0.2, 0.25) is 0 Å². The molecule has 0 amide bonds. The number of hydrogen-bond acceptors (Lipinski definition) is 4. The molecule has 4 nitrogen and oxygen atoms in total. The number of rotatable bonds is 4. The zero-order valence-corrected chi connectivity index (χ0v) is 12.6. The van der Waals surface area contributed by atoms with Gasteiger partial charge < -0.3 is 5.32 Å². The van der Waals surface area contributed by atoms with Crippen LogP contribution in [0.25, 0.3) is 0 Å². The third-order valence-electron chi connectivity index (χ3n) is 3.75. The number of aromatic nitrogens is 2. The molecule has 21 heavy (non-hydrogen) atoms. The van der Waals surface area contributed by atoms with Crippen molar-refractivity contribution >= 4 is 17.4 Å². The van der Waals surface area contributed by atoms with Crippen molar-refractivity contribution in [3.05, 3.63) is 53.4 Å². The molecule has 0 saturated carbocycles. The maximum Gasteiger partial charge on any atom is 0.171 e. The van der Waals surface area contributed by atoms with E-state index >= 15 is 0 Å². The zero-order valence-electron chi connectivity index (χ0n) is 11.9. The maximum atomic E-state index is 6.06. The van der Waals surface area contributed by atoms with E-state index in [4.69, 9.17) is 11.6 Å². The quantitative estimate of drug-likeness (QED) is 0.941. The standard InChI is InChI=1S/C16H19ClN4/c17-15-16(19-9-8-18-15)20-14-7-4-10-21(12-14)11-13-5-2-1-3-6-13/h1-3,5-6,8-9,14H,4,7,10-12H2,(H,19,20). The third kappa shape index (κ3) is 3.93. The molecule has 0 radical (unpaired) electrons. The highest BCUT2D eigenvalue weighted by Crippen LogP contribution is 2.20. The Morgan fingerprint density at radius 3 is 2.81 bits per heavy atom. The van der Waals surface area contributed by atoms with Crippen molar-refractivity contribution in [3.63, 3.8) is 0 Å². The third-order valence-corrected chi connectivity index (χ3v) is 4.03. The van der Waals surface area contributed by atoms with Gasteiger partial charge in [-0.15, -0.1) is 0 Å². The van der Waals surface area contributed by atoms with Crippen molar-refractivity contribution in [1.82, 2.24) is 14.9 Å². The monoisotopic (exact) mass is 302 g/mol. The highest BCUT2D eigenvalue weighted by atomic mass is 35.5. The molecule has 1 aliphatic rings. The number of likely N-dealkylation sites (tertiary alicyclic amines) is 1. The molecule has 2 heterocycles. The largest absolute Gasteiger partial charge is 0.363 e. The lowest BCUT2D eigenvalue weighted by Gasteiger charge is -2.33. The molecule has 1 saturated heterocycles. The summed E-state index contributed by atoms with van der Waals surface area (Å²) in [6.07, 6.45) is 5.59. The van der Waals surface area contributed by atoms with E-state index in [1.807, 2.05) is 0 Å². The number of benzene rings is 1. The van der Waals surface area contributed by atoms with Crippen LogP contribution < -0.4 is 5.32 Å². The summed E-state index contributed by atoms with van der Waals surface area (Å²) in [6, 6.07) is 11.0. The van der Waals surface area contributed by atoms with Gasteiger partial charge in [0.05, 0.1) is 0 Å². The van der Waals surface area contributed by atoms with E-state index in [1.54, 1.807) is 12.4 Å². The van der Waals surface area contributed by atoms with Crippen LogP contribution in [-0.2, 0) is 6.54 Å². The van der Waals surface area contributed by atoms with Crippen LogP contribution in [0.2, 0.25) is 5.15 Å². The van der Waals surface area contributed by atoms with Gasteiger partial charge in [-0.2, -0.15) is 0 Å². The highest BCUT2D eigenvalue weighted by molar-refractivity contribution is 6.31. The Hall–Kier alpha value is -1.65. The first-order valence-electron chi connectivity index (χ1n) is 7.30. The lowest BCUT2D eigenvalue weighted by molar-refractivity contribution is 0.208. The predicted molar refractivity (Wildman–Crippen MR) is 85.4 cm³/mol. The van der Waals surface area contributed by atoms with Crippen LogP contribution in [0.5, 0.6) is 0 Å². The van der Waals surface area contributed by atoms with Gasteiger partial charge in [-0.1, -0.05) is 41.9 Å². The van der Waals surface area contributed by atoms with Gasteiger partial charge >= 0.3 is 0 Å². The SMILES string of the molecule is Clc1nccnc1NC1CCCN(Cc2ccccc2)C1. The minimum atomic E-state index is 0.372. The molecule has 1 unspecified atom stereocenters. The van der Waals surface area contributed by atoms with Crippen LogP contribution in [0.15, 0.2) is 42.7 Å². The first-order valence-corrected chi connectivity index (χ1v) is 7.68. The van der Waals surface area contributed by atoms with Crippen LogP contribution in [-0.4, -0.2) is 34.0 Å². The molecular formula is C16H19ClN4.